The minimum absolute atomic E-state index is 0.0488. The Labute approximate surface area is 163 Å². The normalized spacial score (nSPS) is 12.0. The van der Waals surface area contributed by atoms with Crippen LogP contribution in [0.15, 0.2) is 23.2 Å². The van der Waals surface area contributed by atoms with E-state index in [2.05, 4.69) is 20.6 Å². The van der Waals surface area contributed by atoms with Gasteiger partial charge < -0.3 is 15.4 Å². The van der Waals surface area contributed by atoms with Crippen LogP contribution in [0.25, 0.3) is 0 Å². The van der Waals surface area contributed by atoms with Crippen LogP contribution < -0.4 is 15.4 Å². The molecule has 7 nitrogen and oxygen atoms in total. The molecule has 0 saturated heterocycles. The summed E-state index contributed by atoms with van der Waals surface area (Å²) >= 11 is 5.98. The maximum absolute atomic E-state index is 12.9. The molecule has 0 radical (unpaired) electrons. The van der Waals surface area contributed by atoms with E-state index in [0.29, 0.717) is 6.20 Å². The molecule has 28 heavy (non-hydrogen) atoms. The van der Waals surface area contributed by atoms with Gasteiger partial charge in [0.2, 0.25) is 5.95 Å². The smallest absolute Gasteiger partial charge is 0.421 e. The molecular weight excluding hydrogens is 428 g/mol. The Hall–Kier alpha value is -2.34. The first-order valence-corrected chi connectivity index (χ1v) is 9.85. The summed E-state index contributed by atoms with van der Waals surface area (Å²) in [6.07, 6.45) is -3.15. The van der Waals surface area contributed by atoms with Gasteiger partial charge in [0.1, 0.15) is 30.4 Å². The number of nitrogens with one attached hydrogen (secondary N) is 2. The summed E-state index contributed by atoms with van der Waals surface area (Å²) in [6.45, 7) is -1.23. The third kappa shape index (κ3) is 5.13. The van der Waals surface area contributed by atoms with Crippen molar-refractivity contribution in [3.63, 3.8) is 0 Å². The molecule has 0 amide bonds. The fourth-order valence-electron chi connectivity index (χ4n) is 2.15. The first-order chi connectivity index (χ1) is 13.0. The van der Waals surface area contributed by atoms with Gasteiger partial charge in [-0.15, -0.1) is 0 Å². The zero-order valence-electron chi connectivity index (χ0n) is 14.6. The van der Waals surface area contributed by atoms with Crippen LogP contribution in [0.3, 0.4) is 0 Å². The first-order valence-electron chi connectivity index (χ1n) is 7.58. The van der Waals surface area contributed by atoms with E-state index in [0.717, 1.165) is 12.3 Å². The van der Waals surface area contributed by atoms with Crippen molar-refractivity contribution in [1.29, 1.82) is 0 Å². The Bertz CT molecular complexity index is 970. The van der Waals surface area contributed by atoms with Crippen molar-refractivity contribution in [3.05, 3.63) is 28.9 Å². The lowest BCUT2D eigenvalue weighted by atomic mass is 10.3. The maximum atomic E-state index is 12.9. The third-order valence-electron chi connectivity index (χ3n) is 3.35. The van der Waals surface area contributed by atoms with Gasteiger partial charge in [-0.1, -0.05) is 11.6 Å². The fourth-order valence-corrected chi connectivity index (χ4v) is 3.46. The van der Waals surface area contributed by atoms with Gasteiger partial charge in [-0.2, -0.15) is 18.2 Å². The van der Waals surface area contributed by atoms with E-state index in [9.17, 15) is 26.0 Å². The zero-order chi connectivity index (χ0) is 21.1. The van der Waals surface area contributed by atoms with Crippen LogP contribution in [0.1, 0.15) is 5.56 Å². The van der Waals surface area contributed by atoms with Gasteiger partial charge in [-0.25, -0.2) is 17.8 Å². The van der Waals surface area contributed by atoms with Gasteiger partial charge in [0.05, 0.1) is 15.6 Å². The molecule has 1 aromatic carbocycles. The molecule has 0 aliphatic rings. The number of ether oxygens (including phenoxy) is 1. The van der Waals surface area contributed by atoms with Crippen molar-refractivity contribution in [2.45, 2.75) is 11.1 Å². The van der Waals surface area contributed by atoms with Crippen molar-refractivity contribution >= 4 is 38.9 Å². The summed E-state index contributed by atoms with van der Waals surface area (Å²) in [5.41, 5.74) is -1.02. The minimum atomic E-state index is -4.66. The molecule has 0 fully saturated rings. The van der Waals surface area contributed by atoms with Crippen molar-refractivity contribution in [2.24, 2.45) is 0 Å². The molecule has 0 bridgehead atoms. The number of sulfone groups is 1. The lowest BCUT2D eigenvalue weighted by Gasteiger charge is -2.16. The van der Waals surface area contributed by atoms with Crippen LogP contribution in [0, 0.1) is 0 Å². The second-order valence-corrected chi connectivity index (χ2v) is 7.81. The molecule has 2 rings (SSSR count). The van der Waals surface area contributed by atoms with E-state index in [1.165, 1.54) is 13.1 Å². The number of benzene rings is 1. The Balaban J connectivity index is 2.49. The zero-order valence-corrected chi connectivity index (χ0v) is 16.1. The first kappa shape index (κ1) is 22.0. The number of rotatable bonds is 7. The molecular formula is C15H15ClF4N4O3S. The molecule has 2 aromatic rings. The van der Waals surface area contributed by atoms with E-state index in [4.69, 9.17) is 16.3 Å². The highest BCUT2D eigenvalue weighted by Gasteiger charge is 2.35. The highest BCUT2D eigenvalue weighted by molar-refractivity contribution is 7.90. The van der Waals surface area contributed by atoms with Gasteiger partial charge >= 0.3 is 6.18 Å². The van der Waals surface area contributed by atoms with Crippen LogP contribution in [-0.2, 0) is 16.0 Å². The highest BCUT2D eigenvalue weighted by atomic mass is 35.5. The van der Waals surface area contributed by atoms with Crippen molar-refractivity contribution in [3.8, 4) is 5.75 Å². The average Bonchev–Trinajstić information content (AvgIpc) is 2.58. The number of halogens is 5. The fraction of sp³-hybridized carbons (Fsp3) is 0.333. The van der Waals surface area contributed by atoms with Gasteiger partial charge in [-0.3, -0.25) is 0 Å². The van der Waals surface area contributed by atoms with Gasteiger partial charge in [0.15, 0.2) is 9.84 Å². The van der Waals surface area contributed by atoms with Crippen LogP contribution in [-0.4, -0.2) is 45.0 Å². The number of alkyl halides is 4. The second kappa shape index (κ2) is 8.35. The quantitative estimate of drug-likeness (QED) is 0.632. The summed E-state index contributed by atoms with van der Waals surface area (Å²) in [6, 6.07) is 2.25. The molecule has 0 spiro atoms. The molecule has 0 atom stereocenters. The van der Waals surface area contributed by atoms with Gasteiger partial charge in [-0.05, 0) is 6.07 Å². The number of aromatic nitrogens is 2. The molecule has 1 aromatic heterocycles. The van der Waals surface area contributed by atoms with Gasteiger partial charge in [0, 0.05) is 25.6 Å². The summed E-state index contributed by atoms with van der Waals surface area (Å²) < 4.78 is 80.0. The number of hydrogen-bond acceptors (Lipinski definition) is 7. The Morgan fingerprint density at radius 3 is 2.50 bits per heavy atom. The predicted molar refractivity (Wildman–Crippen MR) is 95.9 cm³/mol. The Morgan fingerprint density at radius 1 is 1.29 bits per heavy atom. The molecule has 2 N–H and O–H groups in total. The van der Waals surface area contributed by atoms with Crippen molar-refractivity contribution in [1.82, 2.24) is 9.97 Å². The van der Waals surface area contributed by atoms with Crippen LogP contribution in [0.4, 0.5) is 35.0 Å². The lowest BCUT2D eigenvalue weighted by molar-refractivity contribution is -0.137. The average molecular weight is 443 g/mol. The second-order valence-electron chi connectivity index (χ2n) is 5.42. The van der Waals surface area contributed by atoms with Crippen molar-refractivity contribution in [2.75, 3.05) is 37.2 Å². The van der Waals surface area contributed by atoms with E-state index >= 15 is 0 Å². The molecule has 0 unspecified atom stereocenters. The summed E-state index contributed by atoms with van der Waals surface area (Å²) in [4.78, 5) is 7.08. The highest BCUT2D eigenvalue weighted by Crippen LogP contribution is 2.37. The monoisotopic (exact) mass is 442 g/mol. The largest absolute Gasteiger partial charge is 0.489 e. The number of hydrogen-bond donors (Lipinski definition) is 2. The molecule has 13 heteroatoms. The maximum Gasteiger partial charge on any atom is 0.421 e. The van der Waals surface area contributed by atoms with Crippen LogP contribution in [0.2, 0.25) is 5.02 Å². The van der Waals surface area contributed by atoms with Crippen LogP contribution >= 0.6 is 11.6 Å². The Kier molecular flexibility index (Phi) is 6.55. The van der Waals surface area contributed by atoms with E-state index in [1.54, 1.807) is 0 Å². The Morgan fingerprint density at radius 2 is 1.96 bits per heavy atom. The van der Waals surface area contributed by atoms with Gasteiger partial charge in [0.25, 0.3) is 0 Å². The minimum Gasteiger partial charge on any atom is -0.489 e. The molecule has 1 heterocycles. The van der Waals surface area contributed by atoms with E-state index in [-0.39, 0.29) is 33.9 Å². The van der Waals surface area contributed by atoms with Crippen LogP contribution in [0.5, 0.6) is 5.75 Å². The molecule has 0 aliphatic heterocycles. The summed E-state index contributed by atoms with van der Waals surface area (Å²) in [7, 11) is -2.44. The summed E-state index contributed by atoms with van der Waals surface area (Å²) in [5.74, 6) is -0.808. The number of nitrogens with zero attached hydrogens (tertiary/aromatic N) is 2. The molecule has 0 aliphatic carbocycles. The SMILES string of the molecule is CNc1nc(Nc2cc(Cl)c(S(C)(=O)=O)cc2OCCF)ncc1C(F)(F)F. The molecule has 0 saturated carbocycles. The van der Waals surface area contributed by atoms with E-state index < -0.39 is 34.1 Å². The number of anilines is 3. The lowest BCUT2D eigenvalue weighted by Crippen LogP contribution is -2.13. The molecule has 154 valence electrons. The topological polar surface area (TPSA) is 93.2 Å². The van der Waals surface area contributed by atoms with Crippen molar-refractivity contribution < 1.29 is 30.7 Å². The summed E-state index contributed by atoms with van der Waals surface area (Å²) in [5, 5.41) is 4.75. The standard InChI is InChI=1S/C15H15ClF4N4O3S/c1-21-13-8(15(18,19)20)7-22-14(24-13)23-10-5-9(16)12(28(2,25)26)6-11(10)27-4-3-17/h5-7H,3-4H2,1-2H3,(H2,21,22,23,24). The van der Waals surface area contributed by atoms with E-state index in [1.807, 2.05) is 0 Å². The third-order valence-corrected chi connectivity index (χ3v) is 4.91. The predicted octanol–water partition coefficient (Wildman–Crippen LogP) is 3.69.